The van der Waals surface area contributed by atoms with E-state index in [2.05, 4.69) is 9.88 Å². The van der Waals surface area contributed by atoms with E-state index >= 15 is 4.39 Å². The summed E-state index contributed by atoms with van der Waals surface area (Å²) in [4.78, 5) is 21.1. The Morgan fingerprint density at radius 3 is 2.45 bits per heavy atom. The molecule has 2 aromatic heterocycles. The van der Waals surface area contributed by atoms with Gasteiger partial charge in [0.2, 0.25) is 5.82 Å². The Kier molecular flexibility index (Phi) is 7.58. The molecule has 1 atom stereocenters. The minimum atomic E-state index is -0.866. The summed E-state index contributed by atoms with van der Waals surface area (Å²) in [6, 6.07) is 11.8. The molecule has 1 aliphatic heterocycles. The zero-order valence-corrected chi connectivity index (χ0v) is 21.6. The van der Waals surface area contributed by atoms with Crippen molar-refractivity contribution in [1.82, 2.24) is 9.55 Å². The van der Waals surface area contributed by atoms with Gasteiger partial charge in [-0.15, -0.1) is 0 Å². The molecule has 2 fully saturated rings. The fourth-order valence-electron chi connectivity index (χ4n) is 5.64. The van der Waals surface area contributed by atoms with E-state index in [1.54, 1.807) is 25.2 Å². The van der Waals surface area contributed by atoms with Crippen molar-refractivity contribution in [3.8, 4) is 6.07 Å². The molecule has 0 spiro atoms. The van der Waals surface area contributed by atoms with Gasteiger partial charge >= 0.3 is 0 Å². The molecular weight excluding hydrogens is 492 g/mol. The van der Waals surface area contributed by atoms with Gasteiger partial charge in [0.25, 0.3) is 5.56 Å². The summed E-state index contributed by atoms with van der Waals surface area (Å²) in [5.74, 6) is -1.15. The fraction of sp³-hybridized carbons (Fsp3) is 0.464. The number of fused-ring (bicyclic) bond motifs is 1. The largest absolute Gasteiger partial charge is 0.376 e. The highest BCUT2D eigenvalue weighted by atomic mass is 19.1. The maximum absolute atomic E-state index is 15.4. The van der Waals surface area contributed by atoms with Crippen LogP contribution in [0.2, 0.25) is 0 Å². The van der Waals surface area contributed by atoms with Crippen molar-refractivity contribution in [1.29, 1.82) is 5.26 Å². The molecule has 1 saturated heterocycles. The molecule has 200 valence electrons. The van der Waals surface area contributed by atoms with E-state index in [-0.39, 0.29) is 35.4 Å². The van der Waals surface area contributed by atoms with Crippen molar-refractivity contribution < 1.29 is 18.3 Å². The van der Waals surface area contributed by atoms with Gasteiger partial charge in [0.15, 0.2) is 0 Å². The standard InChI is InChI=1S/C28H31F2N5O3/c1-33(27-25(30)28(36)34(2)24-12-5-19(15-31)32-26(24)27)20-8-10-22(11-9-20)35(16-23-17-37-13-14-38-23)21-6-3-18(29)4-7-21/h3-7,12,20,22-23H,8-11,13-14,16-17H2,1-2H3/t20-,22+,23?. The van der Waals surface area contributed by atoms with Gasteiger partial charge in [-0.2, -0.15) is 9.65 Å². The van der Waals surface area contributed by atoms with Crippen molar-refractivity contribution in [2.45, 2.75) is 43.9 Å². The molecule has 3 heterocycles. The number of nitrogens with zero attached hydrogens (tertiary/aromatic N) is 5. The van der Waals surface area contributed by atoms with Crippen LogP contribution in [0, 0.1) is 23.0 Å². The second-order valence-electron chi connectivity index (χ2n) is 9.97. The first-order valence-corrected chi connectivity index (χ1v) is 12.9. The van der Waals surface area contributed by atoms with E-state index in [9.17, 15) is 14.4 Å². The molecule has 0 radical (unpaired) electrons. The lowest BCUT2D eigenvalue weighted by Gasteiger charge is -2.42. The Bertz CT molecular complexity index is 1390. The average molecular weight is 524 g/mol. The number of anilines is 2. The van der Waals surface area contributed by atoms with Crippen LogP contribution in [0.25, 0.3) is 11.0 Å². The van der Waals surface area contributed by atoms with Crippen molar-refractivity contribution in [3.63, 3.8) is 0 Å². The SMILES string of the molecule is Cn1c(=O)c(F)c(N(C)[C@H]2CC[C@@H](N(CC3COCCO3)c3ccc(F)cc3)CC2)c2nc(C#N)ccc21. The van der Waals surface area contributed by atoms with E-state index in [0.29, 0.717) is 37.4 Å². The number of benzene rings is 1. The first-order chi connectivity index (χ1) is 18.4. The van der Waals surface area contributed by atoms with Crippen LogP contribution in [0.1, 0.15) is 31.4 Å². The summed E-state index contributed by atoms with van der Waals surface area (Å²) in [6.45, 7) is 2.29. The number of halogens is 2. The van der Waals surface area contributed by atoms with Crippen LogP contribution >= 0.6 is 0 Å². The number of ether oxygens (including phenoxy) is 2. The lowest BCUT2D eigenvalue weighted by Crippen LogP contribution is -2.48. The van der Waals surface area contributed by atoms with E-state index in [1.807, 2.05) is 11.0 Å². The average Bonchev–Trinajstić information content (AvgIpc) is 2.95. The number of nitriles is 1. The molecule has 1 aromatic carbocycles. The summed E-state index contributed by atoms with van der Waals surface area (Å²) < 4.78 is 41.8. The van der Waals surface area contributed by atoms with E-state index in [4.69, 9.17) is 9.47 Å². The molecular formula is C28H31F2N5O3. The molecule has 1 unspecified atom stereocenters. The molecule has 0 amide bonds. The molecule has 8 nitrogen and oxygen atoms in total. The Morgan fingerprint density at radius 1 is 1.08 bits per heavy atom. The molecule has 38 heavy (non-hydrogen) atoms. The van der Waals surface area contributed by atoms with E-state index in [1.165, 1.54) is 29.8 Å². The van der Waals surface area contributed by atoms with Gasteiger partial charge in [0, 0.05) is 38.4 Å². The number of aromatic nitrogens is 2. The van der Waals surface area contributed by atoms with Crippen LogP contribution in [0.4, 0.5) is 20.2 Å². The van der Waals surface area contributed by atoms with E-state index in [0.717, 1.165) is 31.4 Å². The first kappa shape index (κ1) is 26.1. The Balaban J connectivity index is 1.38. The third-order valence-electron chi connectivity index (χ3n) is 7.73. The summed E-state index contributed by atoms with van der Waals surface area (Å²) in [6.07, 6.45) is 3.09. The summed E-state index contributed by atoms with van der Waals surface area (Å²) in [5, 5.41) is 9.35. The summed E-state index contributed by atoms with van der Waals surface area (Å²) >= 11 is 0. The number of hydrogen-bond donors (Lipinski definition) is 0. The van der Waals surface area contributed by atoms with Crippen LogP contribution < -0.4 is 15.4 Å². The minimum absolute atomic E-state index is 0.0204. The van der Waals surface area contributed by atoms with Crippen LogP contribution in [0.3, 0.4) is 0 Å². The number of rotatable bonds is 6. The van der Waals surface area contributed by atoms with Gasteiger partial charge in [-0.25, -0.2) is 9.37 Å². The molecule has 10 heteroatoms. The maximum Gasteiger partial charge on any atom is 0.289 e. The number of pyridine rings is 2. The van der Waals surface area contributed by atoms with Gasteiger partial charge in [0.1, 0.15) is 28.8 Å². The number of aryl methyl sites for hydroxylation is 1. The molecule has 5 rings (SSSR count). The van der Waals surface area contributed by atoms with Gasteiger partial charge in [-0.3, -0.25) is 4.79 Å². The second kappa shape index (κ2) is 11.1. The third-order valence-corrected chi connectivity index (χ3v) is 7.73. The Morgan fingerprint density at radius 2 is 1.79 bits per heavy atom. The molecule has 1 aliphatic carbocycles. The highest BCUT2D eigenvalue weighted by molar-refractivity contribution is 5.89. The van der Waals surface area contributed by atoms with Gasteiger partial charge in [-0.1, -0.05) is 0 Å². The van der Waals surface area contributed by atoms with Crippen LogP contribution in [-0.2, 0) is 16.5 Å². The molecule has 1 saturated carbocycles. The highest BCUT2D eigenvalue weighted by Crippen LogP contribution is 2.34. The van der Waals surface area contributed by atoms with E-state index < -0.39 is 11.4 Å². The lowest BCUT2D eigenvalue weighted by atomic mass is 9.88. The van der Waals surface area contributed by atoms with Crippen LogP contribution in [-0.4, -0.2) is 61.2 Å². The maximum atomic E-state index is 15.4. The second-order valence-corrected chi connectivity index (χ2v) is 9.97. The monoisotopic (exact) mass is 523 g/mol. The first-order valence-electron chi connectivity index (χ1n) is 12.9. The topological polar surface area (TPSA) is 83.6 Å². The van der Waals surface area contributed by atoms with Crippen molar-refractivity contribution in [2.24, 2.45) is 7.05 Å². The predicted octanol–water partition coefficient (Wildman–Crippen LogP) is 3.75. The fourth-order valence-corrected chi connectivity index (χ4v) is 5.64. The molecule has 3 aromatic rings. The predicted molar refractivity (Wildman–Crippen MR) is 140 cm³/mol. The summed E-state index contributed by atoms with van der Waals surface area (Å²) in [7, 11) is 3.29. The Labute approximate surface area is 220 Å². The normalized spacial score (nSPS) is 21.7. The van der Waals surface area contributed by atoms with Crippen LogP contribution in [0.15, 0.2) is 41.2 Å². The van der Waals surface area contributed by atoms with Crippen molar-refractivity contribution in [2.75, 3.05) is 43.2 Å². The van der Waals surface area contributed by atoms with Crippen molar-refractivity contribution in [3.05, 3.63) is 64.1 Å². The molecule has 0 bridgehead atoms. The minimum Gasteiger partial charge on any atom is -0.376 e. The van der Waals surface area contributed by atoms with Crippen LogP contribution in [0.5, 0.6) is 0 Å². The zero-order valence-electron chi connectivity index (χ0n) is 21.6. The zero-order chi connectivity index (χ0) is 26.8. The van der Waals surface area contributed by atoms with Gasteiger partial charge in [-0.05, 0) is 62.1 Å². The van der Waals surface area contributed by atoms with Crippen molar-refractivity contribution >= 4 is 22.4 Å². The summed E-state index contributed by atoms with van der Waals surface area (Å²) in [5.41, 5.74) is 1.27. The quantitative estimate of drug-likeness (QED) is 0.487. The molecule has 0 N–H and O–H groups in total. The lowest BCUT2D eigenvalue weighted by molar-refractivity contribution is -0.0846. The smallest absolute Gasteiger partial charge is 0.289 e. The third kappa shape index (κ3) is 5.08. The van der Waals surface area contributed by atoms with Gasteiger partial charge < -0.3 is 23.8 Å². The highest BCUT2D eigenvalue weighted by Gasteiger charge is 2.32. The van der Waals surface area contributed by atoms with Gasteiger partial charge in [0.05, 0.1) is 31.4 Å². The Hall–Kier alpha value is -3.55. The number of hydrogen-bond acceptors (Lipinski definition) is 7. The molecule has 2 aliphatic rings.